The lowest BCUT2D eigenvalue weighted by atomic mass is 10.1. The summed E-state index contributed by atoms with van der Waals surface area (Å²) < 4.78 is 1.09. The maximum Gasteiger partial charge on any atom is 0.243 e. The monoisotopic (exact) mass is 508 g/mol. The predicted molar refractivity (Wildman–Crippen MR) is 142 cm³/mol. The number of piperazine rings is 1. The van der Waals surface area contributed by atoms with Crippen LogP contribution in [-0.4, -0.2) is 68.9 Å². The number of benzene rings is 1. The molecule has 10 nitrogen and oxygen atoms in total. The van der Waals surface area contributed by atoms with E-state index >= 15 is 0 Å². The van der Waals surface area contributed by atoms with Gasteiger partial charge in [0.1, 0.15) is 5.82 Å². The molecule has 4 aromatic rings. The Morgan fingerprint density at radius 1 is 1.14 bits per heavy atom. The number of fused-ring (bicyclic) bond motifs is 2. The molecule has 1 aliphatic heterocycles. The molecule has 1 aromatic carbocycles. The van der Waals surface area contributed by atoms with Crippen LogP contribution in [-0.2, 0) is 11.3 Å². The van der Waals surface area contributed by atoms with E-state index in [1.54, 1.807) is 16.8 Å². The normalized spacial score (nSPS) is 14.5. The zero-order valence-electron chi connectivity index (χ0n) is 20.2. The van der Waals surface area contributed by atoms with E-state index in [0.29, 0.717) is 12.2 Å². The van der Waals surface area contributed by atoms with E-state index in [-0.39, 0.29) is 5.91 Å². The Bertz CT molecular complexity index is 1310. The fourth-order valence-corrected chi connectivity index (χ4v) is 5.68. The van der Waals surface area contributed by atoms with E-state index in [2.05, 4.69) is 31.8 Å². The third kappa shape index (κ3) is 5.81. The first-order chi connectivity index (χ1) is 17.7. The molecular formula is C25H32N8O2S. The summed E-state index contributed by atoms with van der Waals surface area (Å²) in [6, 6.07) is 8.25. The number of carbonyl (C=O) groups excluding carboxylic acids is 1. The molecule has 0 spiro atoms. The van der Waals surface area contributed by atoms with E-state index in [9.17, 15) is 4.79 Å². The Morgan fingerprint density at radius 2 is 2.00 bits per heavy atom. The van der Waals surface area contributed by atoms with E-state index in [4.69, 9.17) is 15.2 Å². The summed E-state index contributed by atoms with van der Waals surface area (Å²) in [5.41, 5.74) is 4.58. The Balaban J connectivity index is 1.35. The van der Waals surface area contributed by atoms with Crippen molar-refractivity contribution in [2.24, 2.45) is 0 Å². The lowest BCUT2D eigenvalue weighted by molar-refractivity contribution is -0.129. The molecule has 0 atom stereocenters. The van der Waals surface area contributed by atoms with Gasteiger partial charge in [-0.05, 0) is 25.0 Å². The predicted octanol–water partition coefficient (Wildman–Crippen LogP) is 3.51. The second-order valence-electron chi connectivity index (χ2n) is 9.11. The minimum atomic E-state index is -0.328. The molecule has 1 saturated heterocycles. The third-order valence-electron chi connectivity index (χ3n) is 6.49. The number of hydrogen-bond acceptors (Lipinski definition) is 9. The van der Waals surface area contributed by atoms with Crippen molar-refractivity contribution in [2.45, 2.75) is 38.6 Å². The molecule has 3 aromatic heterocycles. The average Bonchev–Trinajstić information content (AvgIpc) is 3.55. The Morgan fingerprint density at radius 3 is 2.86 bits per heavy atom. The van der Waals surface area contributed by atoms with Crippen LogP contribution >= 0.6 is 11.3 Å². The van der Waals surface area contributed by atoms with Crippen LogP contribution in [0.1, 0.15) is 37.0 Å². The molecule has 1 aliphatic rings. The first-order valence-corrected chi connectivity index (χ1v) is 13.4. The van der Waals surface area contributed by atoms with Gasteiger partial charge < -0.3 is 10.6 Å². The Labute approximate surface area is 213 Å². The van der Waals surface area contributed by atoms with E-state index < -0.39 is 0 Å². The number of nitrogens with zero attached hydrogens (tertiary/aromatic N) is 4. The van der Waals surface area contributed by atoms with Crippen LogP contribution in [0.5, 0.6) is 0 Å². The number of nitrogens with one attached hydrogen (secondary N) is 4. The second kappa shape index (κ2) is 11.7. The van der Waals surface area contributed by atoms with Gasteiger partial charge in [0.05, 0.1) is 21.9 Å². The van der Waals surface area contributed by atoms with Gasteiger partial charge in [-0.1, -0.05) is 25.0 Å². The second-order valence-corrected chi connectivity index (χ2v) is 10.2. The van der Waals surface area contributed by atoms with Crippen molar-refractivity contribution in [2.75, 3.05) is 38.0 Å². The molecule has 4 heterocycles. The fourth-order valence-electron chi connectivity index (χ4n) is 4.58. The summed E-state index contributed by atoms with van der Waals surface area (Å²) in [5.74, 6) is 1.23. The highest BCUT2D eigenvalue weighted by Gasteiger charge is 2.17. The van der Waals surface area contributed by atoms with Crippen molar-refractivity contribution in [3.8, 4) is 11.4 Å². The number of aromatic nitrogens is 4. The Kier molecular flexibility index (Phi) is 8.01. The lowest BCUT2D eigenvalue weighted by Gasteiger charge is -2.26. The maximum absolute atomic E-state index is 11.2. The molecule has 0 saturated carbocycles. The summed E-state index contributed by atoms with van der Waals surface area (Å²) in [4.78, 5) is 24.9. The van der Waals surface area contributed by atoms with Gasteiger partial charge in [0.15, 0.2) is 5.82 Å². The largest absolute Gasteiger partial charge is 0.369 e. The number of H-pyrrole nitrogens is 1. The van der Waals surface area contributed by atoms with Crippen LogP contribution in [0.3, 0.4) is 0 Å². The zero-order valence-corrected chi connectivity index (χ0v) is 21.0. The summed E-state index contributed by atoms with van der Waals surface area (Å²) in [5, 5.41) is 23.8. The molecule has 5 N–H and O–H groups in total. The molecule has 0 bridgehead atoms. The number of hydrogen-bond donors (Lipinski definition) is 5. The number of unbranched alkanes of at least 4 members (excludes halogenated alkanes) is 3. The summed E-state index contributed by atoms with van der Waals surface area (Å²) in [7, 11) is 0. The molecule has 0 aliphatic carbocycles. The minimum Gasteiger partial charge on any atom is -0.369 e. The lowest BCUT2D eigenvalue weighted by Crippen LogP contribution is -2.42. The van der Waals surface area contributed by atoms with Crippen molar-refractivity contribution in [3.05, 3.63) is 35.3 Å². The first kappa shape index (κ1) is 24.6. The topological polar surface area (TPSA) is 131 Å². The zero-order chi connectivity index (χ0) is 24.7. The van der Waals surface area contributed by atoms with Crippen LogP contribution in [0.4, 0.5) is 5.82 Å². The standard InChI is InChI=1S/C25H32N8O2S/c34-22(32-35)8-3-1-2-4-9-27-25-23-21(14-17(36-23)16-33-12-10-26-11-13-33)29-24(30-25)18-6-5-7-20-19(18)15-28-31-20/h5-7,14-15,26,35H,1-4,8-13,16H2,(H,28,31)(H,32,34)(H,27,29,30). The Hall–Kier alpha value is -3.12. The minimum absolute atomic E-state index is 0.328. The van der Waals surface area contributed by atoms with Gasteiger partial charge in [0, 0.05) is 61.5 Å². The van der Waals surface area contributed by atoms with Crippen molar-refractivity contribution < 1.29 is 10.0 Å². The van der Waals surface area contributed by atoms with Crippen LogP contribution < -0.4 is 16.1 Å². The van der Waals surface area contributed by atoms with Crippen molar-refractivity contribution in [1.82, 2.24) is 35.9 Å². The number of thiophene rings is 1. The highest BCUT2D eigenvalue weighted by molar-refractivity contribution is 7.19. The van der Waals surface area contributed by atoms with Crippen molar-refractivity contribution >= 4 is 44.2 Å². The third-order valence-corrected chi connectivity index (χ3v) is 7.60. The van der Waals surface area contributed by atoms with Gasteiger partial charge in [-0.15, -0.1) is 11.3 Å². The van der Waals surface area contributed by atoms with Crippen molar-refractivity contribution in [3.63, 3.8) is 0 Å². The summed E-state index contributed by atoms with van der Waals surface area (Å²) in [6.45, 7) is 5.88. The highest BCUT2D eigenvalue weighted by Crippen LogP contribution is 2.34. The van der Waals surface area contributed by atoms with Crippen LogP contribution in [0.25, 0.3) is 32.5 Å². The van der Waals surface area contributed by atoms with Gasteiger partial charge >= 0.3 is 0 Å². The molecule has 190 valence electrons. The molecule has 5 rings (SSSR count). The van der Waals surface area contributed by atoms with Crippen LogP contribution in [0.15, 0.2) is 30.5 Å². The van der Waals surface area contributed by atoms with Gasteiger partial charge in [0.2, 0.25) is 5.91 Å². The fraction of sp³-hybridized carbons (Fsp3) is 0.440. The molecule has 0 radical (unpaired) electrons. The molecule has 0 unspecified atom stereocenters. The smallest absolute Gasteiger partial charge is 0.243 e. The van der Waals surface area contributed by atoms with Crippen LogP contribution in [0, 0.1) is 0 Å². The number of carbonyl (C=O) groups is 1. The first-order valence-electron chi connectivity index (χ1n) is 12.5. The van der Waals surface area contributed by atoms with E-state index in [1.165, 1.54) is 4.88 Å². The number of hydroxylamine groups is 1. The number of anilines is 1. The summed E-state index contributed by atoms with van der Waals surface area (Å²) in [6.07, 6.45) is 5.85. The number of aromatic amines is 1. The van der Waals surface area contributed by atoms with Gasteiger partial charge in [-0.2, -0.15) is 5.10 Å². The van der Waals surface area contributed by atoms with Crippen LogP contribution in [0.2, 0.25) is 0 Å². The SMILES string of the molecule is O=C(CCCCCCNc1nc(-c2cccc3[nH]ncc23)nc2cc(CN3CCNCC3)sc12)NO. The van der Waals surface area contributed by atoms with Gasteiger partial charge in [0.25, 0.3) is 0 Å². The molecule has 1 fully saturated rings. The maximum atomic E-state index is 11.2. The molecular weight excluding hydrogens is 476 g/mol. The quantitative estimate of drug-likeness (QED) is 0.118. The van der Waals surface area contributed by atoms with Crippen molar-refractivity contribution in [1.29, 1.82) is 0 Å². The summed E-state index contributed by atoms with van der Waals surface area (Å²) >= 11 is 1.77. The molecule has 36 heavy (non-hydrogen) atoms. The number of rotatable bonds is 11. The van der Waals surface area contributed by atoms with E-state index in [0.717, 1.165) is 97.5 Å². The molecule has 11 heteroatoms. The van der Waals surface area contributed by atoms with Gasteiger partial charge in [-0.25, -0.2) is 15.4 Å². The highest BCUT2D eigenvalue weighted by atomic mass is 32.1. The average molecular weight is 509 g/mol. The number of amides is 1. The van der Waals surface area contributed by atoms with E-state index in [1.807, 2.05) is 24.4 Å². The van der Waals surface area contributed by atoms with Gasteiger partial charge in [-0.3, -0.25) is 20.0 Å². The molecule has 1 amide bonds.